The Morgan fingerprint density at radius 1 is 0.600 bits per heavy atom. The third kappa shape index (κ3) is 3.54. The monoisotopic (exact) mass is 643 g/mol. The molecular weight excluding hydrogens is 609 g/mol. The minimum atomic E-state index is 0.0704. The van der Waals surface area contributed by atoms with Crippen LogP contribution in [0.25, 0.3) is 77.0 Å². The molecule has 1 aliphatic heterocycles. The molecule has 0 bridgehead atoms. The summed E-state index contributed by atoms with van der Waals surface area (Å²) in [6.07, 6.45) is 0. The van der Waals surface area contributed by atoms with Crippen LogP contribution in [0.5, 0.6) is 0 Å². The molecule has 4 heterocycles. The average molecular weight is 644 g/mol. The lowest BCUT2D eigenvalue weighted by molar-refractivity contribution is 0.668. The summed E-state index contributed by atoms with van der Waals surface area (Å²) in [6.45, 7) is 9.42. The third-order valence-electron chi connectivity index (χ3n) is 11.3. The van der Waals surface area contributed by atoms with Crippen molar-refractivity contribution in [3.63, 3.8) is 0 Å². The molecule has 0 unspecified atom stereocenters. The lowest BCUT2D eigenvalue weighted by atomic mass is 9.33. The minimum Gasteiger partial charge on any atom is -0.456 e. The predicted molar refractivity (Wildman–Crippen MR) is 211 cm³/mol. The average Bonchev–Trinajstić information content (AvgIpc) is 3.72. The van der Waals surface area contributed by atoms with E-state index < -0.39 is 0 Å². The van der Waals surface area contributed by atoms with Crippen LogP contribution in [0.3, 0.4) is 0 Å². The standard InChI is InChI=1S/C45H34BN3O/c1-25(2)30-15-10-16-31(26(3)4)41(30)46-35-22-19-27-12-9-17-37-40(27)43(35)49-44-36(46)23-28-11-5-6-13-32(28)42(44)47-45(49)48(37)29-20-21-34-33-14-7-8-18-38(33)50-39(34)24-29/h5-26H,1-4H3. The van der Waals surface area contributed by atoms with Gasteiger partial charge in [0, 0.05) is 27.6 Å². The molecule has 3 aromatic heterocycles. The van der Waals surface area contributed by atoms with Crippen molar-refractivity contribution in [2.24, 2.45) is 0 Å². The smallest absolute Gasteiger partial charge is 0.247 e. The van der Waals surface area contributed by atoms with Gasteiger partial charge in [0.15, 0.2) is 0 Å². The molecule has 0 aliphatic carbocycles. The largest absolute Gasteiger partial charge is 0.456 e. The Kier molecular flexibility index (Phi) is 5.55. The Bertz CT molecular complexity index is 3040. The summed E-state index contributed by atoms with van der Waals surface area (Å²) in [6, 6.07) is 44.5. The van der Waals surface area contributed by atoms with E-state index in [1.54, 1.807) is 0 Å². The first-order chi connectivity index (χ1) is 24.5. The van der Waals surface area contributed by atoms with E-state index in [9.17, 15) is 0 Å². The number of benzene rings is 7. The molecule has 10 aromatic rings. The first kappa shape index (κ1) is 28.1. The fraction of sp³-hybridized carbons (Fsp3) is 0.133. The maximum atomic E-state index is 6.43. The van der Waals surface area contributed by atoms with Gasteiger partial charge in [0.2, 0.25) is 12.5 Å². The van der Waals surface area contributed by atoms with Crippen molar-refractivity contribution in [2.45, 2.75) is 39.5 Å². The van der Waals surface area contributed by atoms with Gasteiger partial charge in [-0.1, -0.05) is 124 Å². The van der Waals surface area contributed by atoms with Gasteiger partial charge >= 0.3 is 0 Å². The van der Waals surface area contributed by atoms with E-state index in [2.05, 4.69) is 146 Å². The number of fused-ring (bicyclic) bond motifs is 5. The van der Waals surface area contributed by atoms with Gasteiger partial charge in [-0.25, -0.2) is 4.98 Å². The third-order valence-corrected chi connectivity index (χ3v) is 11.3. The number of rotatable bonds is 4. The molecule has 238 valence electrons. The molecule has 0 spiro atoms. The number of imidazole rings is 1. The molecular formula is C45H34BN3O. The van der Waals surface area contributed by atoms with Crippen LogP contribution in [0, 0.1) is 0 Å². The fourth-order valence-corrected chi connectivity index (χ4v) is 9.17. The molecule has 0 atom stereocenters. The summed E-state index contributed by atoms with van der Waals surface area (Å²) in [4.78, 5) is 5.64. The molecule has 0 saturated carbocycles. The highest BCUT2D eigenvalue weighted by molar-refractivity contribution is 6.99. The molecule has 7 aromatic carbocycles. The lowest BCUT2D eigenvalue weighted by Gasteiger charge is -2.30. The van der Waals surface area contributed by atoms with Crippen LogP contribution in [0.2, 0.25) is 0 Å². The SMILES string of the molecule is CC(C)c1cccc(C(C)C)c1B1c2cc3ccccc3c3nc4n(-c5ccc6c(c5)oc5ccccc56)c5cccc6ccc1c(c65)n4c23. The van der Waals surface area contributed by atoms with E-state index in [-0.39, 0.29) is 6.71 Å². The van der Waals surface area contributed by atoms with E-state index in [0.29, 0.717) is 11.8 Å². The molecule has 50 heavy (non-hydrogen) atoms. The zero-order valence-electron chi connectivity index (χ0n) is 28.5. The van der Waals surface area contributed by atoms with Crippen molar-refractivity contribution in [3.05, 3.63) is 132 Å². The number of furan rings is 1. The maximum Gasteiger partial charge on any atom is 0.247 e. The number of hydrogen-bond donors (Lipinski definition) is 0. The molecule has 1 aliphatic rings. The highest BCUT2D eigenvalue weighted by Crippen LogP contribution is 2.38. The Labute approximate surface area is 289 Å². The van der Waals surface area contributed by atoms with Crippen molar-refractivity contribution >= 4 is 94.4 Å². The van der Waals surface area contributed by atoms with Gasteiger partial charge in [0.25, 0.3) is 0 Å². The van der Waals surface area contributed by atoms with Crippen molar-refractivity contribution in [1.29, 1.82) is 0 Å². The van der Waals surface area contributed by atoms with Gasteiger partial charge in [-0.3, -0.25) is 8.97 Å². The molecule has 4 nitrogen and oxygen atoms in total. The zero-order chi connectivity index (χ0) is 33.4. The number of aromatic nitrogens is 3. The van der Waals surface area contributed by atoms with E-state index in [1.807, 2.05) is 12.1 Å². The highest BCUT2D eigenvalue weighted by atomic mass is 16.3. The van der Waals surface area contributed by atoms with Crippen LogP contribution < -0.4 is 16.4 Å². The molecule has 0 amide bonds. The van der Waals surface area contributed by atoms with Crippen LogP contribution in [0.4, 0.5) is 0 Å². The molecule has 0 saturated heterocycles. The number of nitrogens with zero attached hydrogens (tertiary/aromatic N) is 3. The van der Waals surface area contributed by atoms with Crippen LogP contribution >= 0.6 is 0 Å². The Hall–Kier alpha value is -5.81. The minimum absolute atomic E-state index is 0.0704. The second-order valence-corrected chi connectivity index (χ2v) is 14.7. The van der Waals surface area contributed by atoms with Crippen molar-refractivity contribution in [1.82, 2.24) is 14.0 Å². The van der Waals surface area contributed by atoms with Gasteiger partial charge in [0.1, 0.15) is 11.2 Å². The summed E-state index contributed by atoms with van der Waals surface area (Å²) in [5.74, 6) is 1.69. The predicted octanol–water partition coefficient (Wildman–Crippen LogP) is 9.71. The van der Waals surface area contributed by atoms with Crippen molar-refractivity contribution in [3.8, 4) is 5.69 Å². The second-order valence-electron chi connectivity index (χ2n) is 14.7. The molecule has 0 fully saturated rings. The summed E-state index contributed by atoms with van der Waals surface area (Å²) in [5.41, 5.74) is 14.5. The number of para-hydroxylation sites is 1. The van der Waals surface area contributed by atoms with Gasteiger partial charge in [0.05, 0.1) is 27.8 Å². The van der Waals surface area contributed by atoms with E-state index >= 15 is 0 Å². The summed E-state index contributed by atoms with van der Waals surface area (Å²) in [7, 11) is 0. The van der Waals surface area contributed by atoms with Crippen LogP contribution in [0.15, 0.2) is 126 Å². The Morgan fingerprint density at radius 3 is 2.14 bits per heavy atom. The molecule has 5 heteroatoms. The fourth-order valence-electron chi connectivity index (χ4n) is 9.17. The molecule has 0 radical (unpaired) electrons. The van der Waals surface area contributed by atoms with Crippen molar-refractivity contribution < 1.29 is 4.42 Å². The first-order valence-corrected chi connectivity index (χ1v) is 17.8. The Balaban J connectivity index is 1.35. The summed E-state index contributed by atoms with van der Waals surface area (Å²) >= 11 is 0. The van der Waals surface area contributed by atoms with Crippen LogP contribution in [0.1, 0.15) is 50.7 Å². The lowest BCUT2D eigenvalue weighted by Crippen LogP contribution is -2.57. The highest BCUT2D eigenvalue weighted by Gasteiger charge is 2.37. The summed E-state index contributed by atoms with van der Waals surface area (Å²) < 4.78 is 11.3. The zero-order valence-corrected chi connectivity index (χ0v) is 28.5. The van der Waals surface area contributed by atoms with Gasteiger partial charge < -0.3 is 4.42 Å². The van der Waals surface area contributed by atoms with Gasteiger partial charge in [-0.2, -0.15) is 0 Å². The van der Waals surface area contributed by atoms with E-state index in [0.717, 1.165) is 44.4 Å². The van der Waals surface area contributed by atoms with Gasteiger partial charge in [-0.05, 0) is 68.9 Å². The normalized spacial score (nSPS) is 13.1. The van der Waals surface area contributed by atoms with Crippen LogP contribution in [-0.4, -0.2) is 20.7 Å². The van der Waals surface area contributed by atoms with E-state index in [1.165, 1.54) is 60.1 Å². The molecule has 0 N–H and O–H groups in total. The topological polar surface area (TPSA) is 35.4 Å². The van der Waals surface area contributed by atoms with Crippen molar-refractivity contribution in [2.75, 3.05) is 0 Å². The Morgan fingerprint density at radius 2 is 1.32 bits per heavy atom. The summed E-state index contributed by atoms with van der Waals surface area (Å²) in [5, 5.41) is 7.15. The van der Waals surface area contributed by atoms with E-state index in [4.69, 9.17) is 9.40 Å². The number of hydrogen-bond acceptors (Lipinski definition) is 2. The maximum absolute atomic E-state index is 6.43. The first-order valence-electron chi connectivity index (χ1n) is 17.8. The quantitative estimate of drug-likeness (QED) is 0.179. The second kappa shape index (κ2) is 9.89. The molecule has 11 rings (SSSR count). The van der Waals surface area contributed by atoms with Crippen LogP contribution in [-0.2, 0) is 0 Å². The van der Waals surface area contributed by atoms with Gasteiger partial charge in [-0.15, -0.1) is 0 Å².